The molecular formula is C7H7BFO3. The lowest BCUT2D eigenvalue weighted by Crippen LogP contribution is -2.01. The van der Waals surface area contributed by atoms with Crippen LogP contribution in [-0.2, 0) is 0 Å². The number of methoxy groups -OCH3 is 1. The molecule has 3 nitrogen and oxygen atoms in total. The minimum absolute atomic E-state index is 0.236. The van der Waals surface area contributed by atoms with Gasteiger partial charge in [0.1, 0.15) is 11.6 Å². The van der Waals surface area contributed by atoms with E-state index >= 15 is 0 Å². The van der Waals surface area contributed by atoms with E-state index in [2.05, 4.69) is 4.65 Å². The fraction of sp³-hybridized carbons (Fsp3) is 0.143. The standard InChI is InChI=1S/C7H7BFO3/c1-11-7-4-5(9)2-3-6(7)12-8-10/h2-4,10H,1H3. The third-order valence-corrected chi connectivity index (χ3v) is 1.31. The largest absolute Gasteiger partial charge is 0.569 e. The molecule has 0 bridgehead atoms. The monoisotopic (exact) mass is 169 g/mol. The normalized spacial score (nSPS) is 9.25. The van der Waals surface area contributed by atoms with E-state index in [1.54, 1.807) is 0 Å². The van der Waals surface area contributed by atoms with Gasteiger partial charge < -0.3 is 14.4 Å². The lowest BCUT2D eigenvalue weighted by molar-refractivity contribution is 0.378. The van der Waals surface area contributed by atoms with Gasteiger partial charge in [0.25, 0.3) is 0 Å². The number of hydrogen-bond donors (Lipinski definition) is 1. The molecule has 63 valence electrons. The third kappa shape index (κ3) is 1.89. The zero-order valence-corrected chi connectivity index (χ0v) is 6.45. The van der Waals surface area contributed by atoms with E-state index in [-0.39, 0.29) is 11.5 Å². The molecule has 0 saturated carbocycles. The molecule has 1 radical (unpaired) electrons. The first-order valence-electron chi connectivity index (χ1n) is 3.24. The Balaban J connectivity index is 2.94. The molecule has 0 spiro atoms. The van der Waals surface area contributed by atoms with E-state index in [0.29, 0.717) is 7.69 Å². The maximum absolute atomic E-state index is 12.6. The summed E-state index contributed by atoms with van der Waals surface area (Å²) in [6.07, 6.45) is 0. The lowest BCUT2D eigenvalue weighted by Gasteiger charge is -2.07. The Kier molecular flexibility index (Phi) is 2.93. The molecule has 0 unspecified atom stereocenters. The quantitative estimate of drug-likeness (QED) is 0.678. The van der Waals surface area contributed by atoms with Gasteiger partial charge in [0.2, 0.25) is 0 Å². The van der Waals surface area contributed by atoms with Crippen molar-refractivity contribution in [2.45, 2.75) is 0 Å². The minimum atomic E-state index is -0.419. The second-order valence-corrected chi connectivity index (χ2v) is 2.02. The van der Waals surface area contributed by atoms with Crippen molar-refractivity contribution in [1.29, 1.82) is 0 Å². The summed E-state index contributed by atoms with van der Waals surface area (Å²) in [6.45, 7) is 0. The Hall–Kier alpha value is -1.23. The highest BCUT2D eigenvalue weighted by Crippen LogP contribution is 2.26. The van der Waals surface area contributed by atoms with Crippen LogP contribution in [-0.4, -0.2) is 19.8 Å². The molecular weight excluding hydrogens is 162 g/mol. The van der Waals surface area contributed by atoms with Crippen molar-refractivity contribution >= 4 is 7.69 Å². The summed E-state index contributed by atoms with van der Waals surface area (Å²) in [7, 11) is 1.90. The van der Waals surface area contributed by atoms with Crippen LogP contribution in [0.3, 0.4) is 0 Å². The summed E-state index contributed by atoms with van der Waals surface area (Å²) in [6, 6.07) is 3.74. The van der Waals surface area contributed by atoms with Gasteiger partial charge >= 0.3 is 7.69 Å². The highest BCUT2D eigenvalue weighted by molar-refractivity contribution is 6.17. The van der Waals surface area contributed by atoms with Crippen LogP contribution >= 0.6 is 0 Å². The van der Waals surface area contributed by atoms with Gasteiger partial charge in [-0.25, -0.2) is 4.39 Å². The summed E-state index contributed by atoms with van der Waals surface area (Å²) in [5.41, 5.74) is 0. The van der Waals surface area contributed by atoms with Gasteiger partial charge in [-0.3, -0.25) is 0 Å². The Morgan fingerprint density at radius 1 is 1.42 bits per heavy atom. The lowest BCUT2D eigenvalue weighted by atomic mass is 10.3. The van der Waals surface area contributed by atoms with Crippen molar-refractivity contribution in [3.63, 3.8) is 0 Å². The smallest absolute Gasteiger partial charge is 0.535 e. The average Bonchev–Trinajstić information content (AvgIpc) is 2.08. The molecule has 0 saturated heterocycles. The van der Waals surface area contributed by atoms with E-state index in [9.17, 15) is 4.39 Å². The van der Waals surface area contributed by atoms with Gasteiger partial charge in [0, 0.05) is 6.07 Å². The maximum Gasteiger partial charge on any atom is 0.569 e. The summed E-state index contributed by atoms with van der Waals surface area (Å²) < 4.78 is 22.0. The number of halogens is 1. The van der Waals surface area contributed by atoms with Crippen molar-refractivity contribution in [1.82, 2.24) is 0 Å². The van der Waals surface area contributed by atoms with Gasteiger partial charge in [-0.2, -0.15) is 0 Å². The molecule has 0 atom stereocenters. The van der Waals surface area contributed by atoms with Crippen LogP contribution in [0.1, 0.15) is 0 Å². The van der Waals surface area contributed by atoms with Gasteiger partial charge in [0.05, 0.1) is 7.11 Å². The fourth-order valence-electron chi connectivity index (χ4n) is 0.796. The van der Waals surface area contributed by atoms with E-state index in [0.717, 1.165) is 0 Å². The second kappa shape index (κ2) is 3.97. The number of benzene rings is 1. The third-order valence-electron chi connectivity index (χ3n) is 1.31. The van der Waals surface area contributed by atoms with Crippen molar-refractivity contribution in [2.24, 2.45) is 0 Å². The van der Waals surface area contributed by atoms with E-state index in [1.807, 2.05) is 0 Å². The van der Waals surface area contributed by atoms with E-state index < -0.39 is 5.82 Å². The topological polar surface area (TPSA) is 38.7 Å². The predicted molar refractivity (Wildman–Crippen MR) is 41.6 cm³/mol. The van der Waals surface area contributed by atoms with Crippen molar-refractivity contribution in [2.75, 3.05) is 7.11 Å². The fourth-order valence-corrected chi connectivity index (χ4v) is 0.796. The van der Waals surface area contributed by atoms with Crippen molar-refractivity contribution < 1.29 is 18.8 Å². The number of rotatable bonds is 3. The van der Waals surface area contributed by atoms with Gasteiger partial charge in [-0.05, 0) is 12.1 Å². The molecule has 5 heteroatoms. The Morgan fingerprint density at radius 2 is 2.17 bits per heavy atom. The van der Waals surface area contributed by atoms with Gasteiger partial charge in [-0.15, -0.1) is 0 Å². The average molecular weight is 169 g/mol. The molecule has 0 aliphatic rings. The highest BCUT2D eigenvalue weighted by Gasteiger charge is 2.04. The molecule has 1 N–H and O–H groups in total. The maximum atomic E-state index is 12.6. The number of ether oxygens (including phenoxy) is 1. The Labute approximate surface area is 70.0 Å². The highest BCUT2D eigenvalue weighted by atomic mass is 19.1. The number of hydrogen-bond acceptors (Lipinski definition) is 3. The van der Waals surface area contributed by atoms with Gasteiger partial charge in [-0.1, -0.05) is 0 Å². The second-order valence-electron chi connectivity index (χ2n) is 2.02. The van der Waals surface area contributed by atoms with Crippen LogP contribution < -0.4 is 9.39 Å². The summed E-state index contributed by atoms with van der Waals surface area (Å²) in [5, 5.41) is 8.31. The van der Waals surface area contributed by atoms with E-state index in [1.165, 1.54) is 25.3 Å². The summed E-state index contributed by atoms with van der Waals surface area (Å²) in [4.78, 5) is 0. The van der Waals surface area contributed by atoms with Crippen molar-refractivity contribution in [3.8, 4) is 11.5 Å². The van der Waals surface area contributed by atoms with Crippen LogP contribution in [0.2, 0.25) is 0 Å². The molecule has 1 rings (SSSR count). The zero-order chi connectivity index (χ0) is 8.97. The molecule has 12 heavy (non-hydrogen) atoms. The molecule has 0 heterocycles. The van der Waals surface area contributed by atoms with Crippen LogP contribution in [0.25, 0.3) is 0 Å². The van der Waals surface area contributed by atoms with Crippen LogP contribution in [0, 0.1) is 5.82 Å². The molecule has 0 aromatic heterocycles. The molecule has 1 aromatic carbocycles. The Morgan fingerprint density at radius 3 is 2.75 bits per heavy atom. The molecule has 0 fully saturated rings. The molecule has 0 amide bonds. The first kappa shape index (κ1) is 8.87. The summed E-state index contributed by atoms with van der Waals surface area (Å²) in [5.74, 6) is 0.0823. The molecule has 0 aliphatic heterocycles. The first-order valence-corrected chi connectivity index (χ1v) is 3.24. The van der Waals surface area contributed by atoms with Gasteiger partial charge in [0.15, 0.2) is 5.75 Å². The summed E-state index contributed by atoms with van der Waals surface area (Å²) >= 11 is 0. The molecule has 1 aromatic rings. The van der Waals surface area contributed by atoms with E-state index in [4.69, 9.17) is 9.76 Å². The van der Waals surface area contributed by atoms with Crippen LogP contribution in [0.5, 0.6) is 11.5 Å². The van der Waals surface area contributed by atoms with Crippen LogP contribution in [0.4, 0.5) is 4.39 Å². The first-order chi connectivity index (χ1) is 5.77. The van der Waals surface area contributed by atoms with Crippen LogP contribution in [0.15, 0.2) is 18.2 Å². The molecule has 0 aliphatic carbocycles. The SMILES string of the molecule is COc1cc(F)ccc1O[B]O. The minimum Gasteiger partial charge on any atom is -0.535 e. The Bertz CT molecular complexity index is 267. The van der Waals surface area contributed by atoms with Crippen molar-refractivity contribution in [3.05, 3.63) is 24.0 Å². The predicted octanol–water partition coefficient (Wildman–Crippen LogP) is 0.740. The zero-order valence-electron chi connectivity index (χ0n) is 6.45.